The molecular weight excluding hydrogens is 92.1 g/mol. The van der Waals surface area contributed by atoms with Gasteiger partial charge in [-0.2, -0.15) is 0 Å². The van der Waals surface area contributed by atoms with Crippen LogP contribution in [0.1, 0.15) is 23.0 Å². The standard InChI is InChI=1S/C5H10O2/c1-3-4(2)5(6)7/h4H,3H2,1-2H3,(H,6,7)/t4-/m0/s1/i3D,4D/t3-,4-. The summed E-state index contributed by atoms with van der Waals surface area (Å²) in [5, 5.41) is 8.30. The van der Waals surface area contributed by atoms with Gasteiger partial charge in [-0.05, 0) is 6.40 Å². The minimum absolute atomic E-state index is 0.894. The highest BCUT2D eigenvalue weighted by Gasteiger charge is 2.05. The van der Waals surface area contributed by atoms with E-state index in [0.29, 0.717) is 0 Å². The summed E-state index contributed by atoms with van der Waals surface area (Å²) in [5.74, 6) is -2.91. The van der Waals surface area contributed by atoms with Gasteiger partial charge in [-0.1, -0.05) is 13.8 Å². The van der Waals surface area contributed by atoms with Gasteiger partial charge < -0.3 is 5.11 Å². The molecule has 0 radical (unpaired) electrons. The Hall–Kier alpha value is -0.530. The number of carbonyl (C=O) groups is 1. The third kappa shape index (κ3) is 2.20. The summed E-state index contributed by atoms with van der Waals surface area (Å²) in [5.41, 5.74) is 0. The van der Waals surface area contributed by atoms with Gasteiger partial charge in [0.05, 0.1) is 5.89 Å². The van der Waals surface area contributed by atoms with E-state index in [0.717, 1.165) is 0 Å². The van der Waals surface area contributed by atoms with E-state index in [9.17, 15) is 4.79 Å². The zero-order valence-corrected chi connectivity index (χ0v) is 4.43. The molecule has 7 heavy (non-hydrogen) atoms. The second-order valence-electron chi connectivity index (χ2n) is 1.28. The SMILES string of the molecule is [2H][C@@H](C)[C@]([2H])(C)C(=O)O. The molecule has 0 spiro atoms. The molecule has 42 valence electrons. The van der Waals surface area contributed by atoms with Gasteiger partial charge in [0.1, 0.15) is 0 Å². The van der Waals surface area contributed by atoms with Crippen LogP contribution in [0.15, 0.2) is 0 Å². The third-order valence-electron chi connectivity index (χ3n) is 0.770. The Bertz CT molecular complexity index is 120. The van der Waals surface area contributed by atoms with Gasteiger partial charge in [0, 0.05) is 2.74 Å². The lowest BCUT2D eigenvalue weighted by Crippen LogP contribution is -2.06. The summed E-state index contributed by atoms with van der Waals surface area (Å²) >= 11 is 0. The van der Waals surface area contributed by atoms with E-state index in [1.807, 2.05) is 0 Å². The second kappa shape index (κ2) is 2.61. The minimum atomic E-state index is -1.67. The van der Waals surface area contributed by atoms with Crippen molar-refractivity contribution in [1.29, 1.82) is 0 Å². The molecule has 0 fully saturated rings. The highest BCUT2D eigenvalue weighted by molar-refractivity contribution is 5.69. The van der Waals surface area contributed by atoms with Crippen molar-refractivity contribution in [2.45, 2.75) is 20.2 Å². The van der Waals surface area contributed by atoms with Crippen LogP contribution in [0.4, 0.5) is 0 Å². The fourth-order valence-electron chi connectivity index (χ4n) is 0.123. The van der Waals surface area contributed by atoms with Crippen LogP contribution in [0, 0.1) is 5.89 Å². The van der Waals surface area contributed by atoms with Crippen molar-refractivity contribution in [2.24, 2.45) is 5.89 Å². The van der Waals surface area contributed by atoms with Crippen LogP contribution < -0.4 is 0 Å². The van der Waals surface area contributed by atoms with E-state index in [1.54, 1.807) is 0 Å². The zero-order valence-electron chi connectivity index (χ0n) is 6.43. The van der Waals surface area contributed by atoms with Gasteiger partial charge >= 0.3 is 5.97 Å². The molecule has 0 aromatic rings. The molecule has 0 saturated heterocycles. The summed E-state index contributed by atoms with van der Waals surface area (Å²) < 4.78 is 14.0. The number of rotatable bonds is 2. The number of carboxylic acids is 1. The first-order valence-corrected chi connectivity index (χ1v) is 2.04. The lowest BCUT2D eigenvalue weighted by Gasteiger charge is -1.96. The molecule has 0 aromatic heterocycles. The van der Waals surface area contributed by atoms with Crippen molar-refractivity contribution in [2.75, 3.05) is 0 Å². The van der Waals surface area contributed by atoms with Crippen molar-refractivity contribution in [1.82, 2.24) is 0 Å². The Morgan fingerprint density at radius 2 is 2.71 bits per heavy atom. The summed E-state index contributed by atoms with van der Waals surface area (Å²) in [6.07, 6.45) is -0.894. The van der Waals surface area contributed by atoms with Crippen LogP contribution in [0.3, 0.4) is 0 Å². The van der Waals surface area contributed by atoms with E-state index in [4.69, 9.17) is 7.85 Å². The van der Waals surface area contributed by atoms with Gasteiger partial charge in [0.2, 0.25) is 0 Å². The molecule has 0 aliphatic carbocycles. The van der Waals surface area contributed by atoms with E-state index in [-0.39, 0.29) is 0 Å². The molecular formula is C5H10O2. The average molecular weight is 104 g/mol. The Kier molecular flexibility index (Phi) is 1.29. The molecule has 0 amide bonds. The molecule has 2 heteroatoms. The predicted molar refractivity (Wildman–Crippen MR) is 27.1 cm³/mol. The fourth-order valence-corrected chi connectivity index (χ4v) is 0.123. The van der Waals surface area contributed by atoms with Crippen LogP contribution in [0.2, 0.25) is 0 Å². The van der Waals surface area contributed by atoms with Crippen LogP contribution in [-0.4, -0.2) is 11.1 Å². The van der Waals surface area contributed by atoms with Crippen LogP contribution in [-0.2, 0) is 4.79 Å². The molecule has 1 N–H and O–H groups in total. The highest BCUT2D eigenvalue weighted by atomic mass is 16.4. The Morgan fingerprint density at radius 1 is 2.29 bits per heavy atom. The first-order chi connectivity index (χ1) is 3.89. The molecule has 0 rings (SSSR count). The first-order valence-electron chi connectivity index (χ1n) is 3.12. The molecule has 0 saturated carbocycles. The lowest BCUT2D eigenvalue weighted by molar-refractivity contribution is -0.141. The Morgan fingerprint density at radius 3 is 2.71 bits per heavy atom. The highest BCUT2D eigenvalue weighted by Crippen LogP contribution is 1.97. The molecule has 0 aromatic carbocycles. The van der Waals surface area contributed by atoms with Gasteiger partial charge in [0.15, 0.2) is 0 Å². The molecule has 0 bridgehead atoms. The zero-order chi connectivity index (χ0) is 7.65. The van der Waals surface area contributed by atoms with Crippen molar-refractivity contribution in [3.63, 3.8) is 0 Å². The number of carboxylic acid groups (broad SMARTS) is 1. The van der Waals surface area contributed by atoms with Crippen molar-refractivity contribution in [3.8, 4) is 0 Å². The summed E-state index contributed by atoms with van der Waals surface area (Å²) in [7, 11) is 0. The molecule has 0 unspecified atom stereocenters. The van der Waals surface area contributed by atoms with Crippen LogP contribution in [0.25, 0.3) is 0 Å². The summed E-state index contributed by atoms with van der Waals surface area (Å²) in [6.45, 7) is 2.61. The van der Waals surface area contributed by atoms with Crippen molar-refractivity contribution in [3.05, 3.63) is 0 Å². The molecule has 0 aliphatic rings. The number of hydrogen-bond donors (Lipinski definition) is 1. The molecule has 2 nitrogen and oxygen atoms in total. The molecule has 0 heterocycles. The first kappa shape index (κ1) is 3.47. The molecule has 0 aliphatic heterocycles. The van der Waals surface area contributed by atoms with Gasteiger partial charge in [-0.25, -0.2) is 0 Å². The maximum atomic E-state index is 10.2. The number of aliphatic carboxylic acids is 1. The predicted octanol–water partition coefficient (Wildman–Crippen LogP) is 1.12. The van der Waals surface area contributed by atoms with Gasteiger partial charge in [-0.15, -0.1) is 0 Å². The third-order valence-corrected chi connectivity index (χ3v) is 0.770. The average Bonchev–Trinajstić information content (AvgIpc) is 1.65. The maximum Gasteiger partial charge on any atom is 0.306 e. The topological polar surface area (TPSA) is 37.3 Å². The second-order valence-corrected chi connectivity index (χ2v) is 1.28. The van der Waals surface area contributed by atoms with Crippen LogP contribution >= 0.6 is 0 Å². The molecule has 2 atom stereocenters. The largest absolute Gasteiger partial charge is 0.481 e. The fraction of sp³-hybridized carbons (Fsp3) is 0.800. The van der Waals surface area contributed by atoms with Crippen molar-refractivity contribution < 1.29 is 12.6 Å². The summed E-state index contributed by atoms with van der Waals surface area (Å²) in [4.78, 5) is 10.2. The summed E-state index contributed by atoms with van der Waals surface area (Å²) in [6, 6.07) is 0. The number of hydrogen-bond acceptors (Lipinski definition) is 1. The smallest absolute Gasteiger partial charge is 0.306 e. The van der Waals surface area contributed by atoms with E-state index in [2.05, 4.69) is 0 Å². The van der Waals surface area contributed by atoms with Crippen molar-refractivity contribution >= 4 is 5.97 Å². The van der Waals surface area contributed by atoms with Crippen LogP contribution in [0.5, 0.6) is 0 Å². The normalized spacial score (nSPS) is 26.6. The van der Waals surface area contributed by atoms with Gasteiger partial charge in [-0.3, -0.25) is 4.79 Å². The quantitative estimate of drug-likeness (QED) is 0.570. The van der Waals surface area contributed by atoms with E-state index in [1.165, 1.54) is 13.8 Å². The maximum absolute atomic E-state index is 10.2. The monoisotopic (exact) mass is 104 g/mol. The Labute approximate surface area is 46.0 Å². The lowest BCUT2D eigenvalue weighted by atomic mass is 10.1. The minimum Gasteiger partial charge on any atom is -0.481 e. The van der Waals surface area contributed by atoms with E-state index < -0.39 is 18.3 Å². The Balaban J connectivity index is 4.19. The van der Waals surface area contributed by atoms with E-state index >= 15 is 0 Å². The van der Waals surface area contributed by atoms with Gasteiger partial charge in [0.25, 0.3) is 0 Å².